The number of rotatable bonds is 8. The molecule has 0 aromatic heterocycles. The van der Waals surface area contributed by atoms with E-state index in [9.17, 15) is 8.42 Å². The first-order chi connectivity index (χ1) is 11.8. The topological polar surface area (TPSA) is 81.9 Å². The van der Waals surface area contributed by atoms with Gasteiger partial charge in [-0.2, -0.15) is 0 Å². The van der Waals surface area contributed by atoms with Crippen molar-refractivity contribution in [3.63, 3.8) is 0 Å². The average molecular weight is 429 g/mol. The highest BCUT2D eigenvalue weighted by atomic mass is 79.9. The molecule has 0 unspecified atom stereocenters. The maximum atomic E-state index is 11.2. The first-order valence-corrected chi connectivity index (χ1v) is 9.90. The molecular weight excluding hydrogens is 408 g/mol. The van der Waals surface area contributed by atoms with E-state index in [-0.39, 0.29) is 4.90 Å². The van der Waals surface area contributed by atoms with Gasteiger partial charge in [-0.05, 0) is 49.5 Å². The van der Waals surface area contributed by atoms with E-state index in [2.05, 4.69) is 20.8 Å². The number of ether oxygens (including phenoxy) is 2. The van der Waals surface area contributed by atoms with Crippen LogP contribution in [0.3, 0.4) is 0 Å². The van der Waals surface area contributed by atoms with E-state index >= 15 is 0 Å². The number of sulfonamides is 1. The molecule has 0 aliphatic heterocycles. The van der Waals surface area contributed by atoms with E-state index in [0.29, 0.717) is 18.9 Å². The van der Waals surface area contributed by atoms with Gasteiger partial charge in [-0.3, -0.25) is 4.90 Å². The summed E-state index contributed by atoms with van der Waals surface area (Å²) in [7, 11) is -0.0301. The number of benzene rings is 2. The third-order valence-corrected chi connectivity index (χ3v) is 5.00. The third-order valence-electron chi connectivity index (χ3n) is 3.58. The van der Waals surface area contributed by atoms with Gasteiger partial charge in [0, 0.05) is 23.1 Å². The van der Waals surface area contributed by atoms with E-state index in [4.69, 9.17) is 14.6 Å². The standard InChI is InChI=1S/C17H21BrN2O4S/c1-20(12-13-11-14(18)3-8-17(13)23-2)9-10-24-15-4-6-16(7-5-15)25(19,21)22/h3-8,11H,9-10,12H2,1-2H3,(H2,19,21,22). The van der Waals surface area contributed by atoms with E-state index in [1.807, 2.05) is 25.2 Å². The molecule has 2 N–H and O–H groups in total. The van der Waals surface area contributed by atoms with Crippen molar-refractivity contribution in [1.82, 2.24) is 4.90 Å². The Kier molecular flexibility index (Phi) is 6.83. The first kappa shape index (κ1) is 19.7. The molecule has 25 heavy (non-hydrogen) atoms. The lowest BCUT2D eigenvalue weighted by Gasteiger charge is -2.19. The Morgan fingerprint density at radius 3 is 2.44 bits per heavy atom. The van der Waals surface area contributed by atoms with Crippen molar-refractivity contribution in [3.05, 3.63) is 52.5 Å². The number of halogens is 1. The van der Waals surface area contributed by atoms with Crippen molar-refractivity contribution in [3.8, 4) is 11.5 Å². The minimum Gasteiger partial charge on any atom is -0.496 e. The number of methoxy groups -OCH3 is 1. The van der Waals surface area contributed by atoms with Crippen LogP contribution >= 0.6 is 15.9 Å². The highest BCUT2D eigenvalue weighted by molar-refractivity contribution is 9.10. The van der Waals surface area contributed by atoms with Gasteiger partial charge in [-0.15, -0.1) is 0 Å². The van der Waals surface area contributed by atoms with E-state index in [1.165, 1.54) is 12.1 Å². The molecule has 0 atom stereocenters. The molecule has 0 spiro atoms. The molecule has 0 saturated carbocycles. The smallest absolute Gasteiger partial charge is 0.238 e. The number of nitrogens with zero attached hydrogens (tertiary/aromatic N) is 1. The van der Waals surface area contributed by atoms with Gasteiger partial charge in [-0.1, -0.05) is 15.9 Å². The second-order valence-corrected chi connectivity index (χ2v) is 8.04. The van der Waals surface area contributed by atoms with Gasteiger partial charge in [0.1, 0.15) is 18.1 Å². The third kappa shape index (κ3) is 6.00. The van der Waals surface area contributed by atoms with Crippen molar-refractivity contribution < 1.29 is 17.9 Å². The molecule has 0 aliphatic carbocycles. The summed E-state index contributed by atoms with van der Waals surface area (Å²) in [5.41, 5.74) is 1.08. The van der Waals surface area contributed by atoms with Crippen LogP contribution in [0.5, 0.6) is 11.5 Å². The van der Waals surface area contributed by atoms with Crippen molar-refractivity contribution in [1.29, 1.82) is 0 Å². The van der Waals surface area contributed by atoms with E-state index in [1.54, 1.807) is 19.2 Å². The van der Waals surface area contributed by atoms with E-state index < -0.39 is 10.0 Å². The SMILES string of the molecule is COc1ccc(Br)cc1CN(C)CCOc1ccc(S(N)(=O)=O)cc1. The maximum Gasteiger partial charge on any atom is 0.238 e. The van der Waals surface area contributed by atoms with Crippen LogP contribution in [-0.2, 0) is 16.6 Å². The molecule has 2 aromatic rings. The fourth-order valence-corrected chi connectivity index (χ4v) is 3.21. The molecule has 136 valence electrons. The van der Waals surface area contributed by atoms with E-state index in [0.717, 1.165) is 22.3 Å². The Morgan fingerprint density at radius 1 is 1.16 bits per heavy atom. The van der Waals surface area contributed by atoms with Gasteiger partial charge in [0.2, 0.25) is 10.0 Å². The van der Waals surface area contributed by atoms with Gasteiger partial charge < -0.3 is 9.47 Å². The van der Waals surface area contributed by atoms with Crippen molar-refractivity contribution in [2.45, 2.75) is 11.4 Å². The molecule has 0 bridgehead atoms. The Balaban J connectivity index is 1.86. The molecular formula is C17H21BrN2O4S. The fourth-order valence-electron chi connectivity index (χ4n) is 2.29. The van der Waals surface area contributed by atoms with Crippen molar-refractivity contribution in [2.75, 3.05) is 27.3 Å². The number of likely N-dealkylation sites (N-methyl/N-ethyl adjacent to an activating group) is 1. The highest BCUT2D eigenvalue weighted by Crippen LogP contribution is 2.24. The second-order valence-electron chi connectivity index (χ2n) is 5.56. The molecule has 2 aromatic carbocycles. The number of hydrogen-bond acceptors (Lipinski definition) is 5. The normalized spacial score (nSPS) is 11.6. The van der Waals surface area contributed by atoms with Gasteiger partial charge in [0.25, 0.3) is 0 Å². The Morgan fingerprint density at radius 2 is 1.84 bits per heavy atom. The van der Waals surface area contributed by atoms with Crippen LogP contribution < -0.4 is 14.6 Å². The Labute approximate surface area is 156 Å². The number of hydrogen-bond donors (Lipinski definition) is 1. The van der Waals surface area contributed by atoms with Gasteiger partial charge in [-0.25, -0.2) is 13.6 Å². The first-order valence-electron chi connectivity index (χ1n) is 7.56. The van der Waals surface area contributed by atoms with Crippen LogP contribution in [0, 0.1) is 0 Å². The molecule has 0 saturated heterocycles. The minimum atomic E-state index is -3.68. The van der Waals surface area contributed by atoms with Gasteiger partial charge >= 0.3 is 0 Å². The van der Waals surface area contributed by atoms with Crippen LogP contribution in [0.2, 0.25) is 0 Å². The predicted molar refractivity (Wildman–Crippen MR) is 100 cm³/mol. The van der Waals surface area contributed by atoms with Crippen LogP contribution in [0.25, 0.3) is 0 Å². The van der Waals surface area contributed by atoms with Crippen LogP contribution in [-0.4, -0.2) is 40.6 Å². The molecule has 0 fully saturated rings. The average Bonchev–Trinajstić information content (AvgIpc) is 2.55. The molecule has 2 rings (SSSR count). The molecule has 0 aliphatic rings. The van der Waals surface area contributed by atoms with Crippen molar-refractivity contribution >= 4 is 26.0 Å². The summed E-state index contributed by atoms with van der Waals surface area (Å²) in [5.74, 6) is 1.44. The molecule has 6 nitrogen and oxygen atoms in total. The fraction of sp³-hybridized carbons (Fsp3) is 0.294. The quantitative estimate of drug-likeness (QED) is 0.698. The highest BCUT2D eigenvalue weighted by Gasteiger charge is 2.09. The van der Waals surface area contributed by atoms with Gasteiger partial charge in [0.15, 0.2) is 0 Å². The summed E-state index contributed by atoms with van der Waals surface area (Å²) in [6, 6.07) is 11.9. The lowest BCUT2D eigenvalue weighted by atomic mass is 10.2. The lowest BCUT2D eigenvalue weighted by Crippen LogP contribution is -2.24. The second kappa shape index (κ2) is 8.66. The monoisotopic (exact) mass is 428 g/mol. The number of nitrogens with two attached hydrogens (primary N) is 1. The van der Waals surface area contributed by atoms with Crippen molar-refractivity contribution in [2.24, 2.45) is 5.14 Å². The summed E-state index contributed by atoms with van der Waals surface area (Å²) in [6.45, 7) is 1.89. The summed E-state index contributed by atoms with van der Waals surface area (Å²) < 4.78 is 34.5. The zero-order valence-electron chi connectivity index (χ0n) is 14.1. The largest absolute Gasteiger partial charge is 0.496 e. The molecule has 0 radical (unpaired) electrons. The van der Waals surface area contributed by atoms with Crippen LogP contribution in [0.4, 0.5) is 0 Å². The maximum absolute atomic E-state index is 11.2. The summed E-state index contributed by atoms with van der Waals surface area (Å²) in [5, 5.41) is 5.07. The number of primary sulfonamides is 1. The molecule has 0 heterocycles. The zero-order chi connectivity index (χ0) is 18.4. The molecule has 8 heteroatoms. The van der Waals surface area contributed by atoms with Crippen LogP contribution in [0.1, 0.15) is 5.56 Å². The Hall–Kier alpha value is -1.61. The predicted octanol–water partition coefficient (Wildman–Crippen LogP) is 2.62. The zero-order valence-corrected chi connectivity index (χ0v) is 16.5. The summed E-state index contributed by atoms with van der Waals surface area (Å²) in [6.07, 6.45) is 0. The lowest BCUT2D eigenvalue weighted by molar-refractivity contribution is 0.231. The molecule has 0 amide bonds. The van der Waals surface area contributed by atoms with Crippen LogP contribution in [0.15, 0.2) is 51.8 Å². The minimum absolute atomic E-state index is 0.0683. The summed E-state index contributed by atoms with van der Waals surface area (Å²) in [4.78, 5) is 2.18. The summed E-state index contributed by atoms with van der Waals surface area (Å²) >= 11 is 3.47. The van der Waals surface area contributed by atoms with Gasteiger partial charge in [0.05, 0.1) is 12.0 Å². The Bertz CT molecular complexity index is 810.